The summed E-state index contributed by atoms with van der Waals surface area (Å²) in [6.45, 7) is 3.91. The third-order valence-electron chi connectivity index (χ3n) is 4.19. The minimum absolute atomic E-state index is 0.187. The lowest BCUT2D eigenvalue weighted by atomic mass is 10.0. The Hall–Kier alpha value is -1.97. The molecule has 2 aromatic rings. The highest BCUT2D eigenvalue weighted by Gasteiger charge is 2.55. The molecule has 126 valence electrons. The average Bonchev–Trinajstić information content (AvgIpc) is 3.17. The predicted molar refractivity (Wildman–Crippen MR) is 87.3 cm³/mol. The molecule has 0 amide bonds. The van der Waals surface area contributed by atoms with Crippen LogP contribution < -0.4 is 5.73 Å². The quantitative estimate of drug-likeness (QED) is 0.515. The van der Waals surface area contributed by atoms with Crippen molar-refractivity contribution in [2.24, 2.45) is 5.11 Å². The van der Waals surface area contributed by atoms with E-state index >= 15 is 0 Å². The largest absolute Gasteiger partial charge is 0.382 e. The summed E-state index contributed by atoms with van der Waals surface area (Å²) in [5.74, 6) is -0.272. The molecule has 0 radical (unpaired) electrons. The molecule has 0 bridgehead atoms. The first kappa shape index (κ1) is 15.6. The number of rotatable bonds is 3. The highest BCUT2D eigenvalue weighted by atomic mass is 32.1. The minimum Gasteiger partial charge on any atom is -0.382 e. The van der Waals surface area contributed by atoms with Gasteiger partial charge in [0.15, 0.2) is 5.79 Å². The Kier molecular flexibility index (Phi) is 3.59. The fourth-order valence-corrected chi connectivity index (χ4v) is 4.23. The van der Waals surface area contributed by atoms with E-state index in [2.05, 4.69) is 20.0 Å². The van der Waals surface area contributed by atoms with Crippen LogP contribution in [0.2, 0.25) is 0 Å². The lowest BCUT2D eigenvalue weighted by molar-refractivity contribution is -0.186. The number of anilines is 1. The number of thiophene rings is 1. The number of hydrogen-bond donors (Lipinski definition) is 1. The Labute approximate surface area is 141 Å². The molecule has 4 atom stereocenters. The molecule has 4 heterocycles. The molecule has 24 heavy (non-hydrogen) atoms. The van der Waals surface area contributed by atoms with E-state index in [1.54, 1.807) is 0 Å². The van der Waals surface area contributed by atoms with Crippen molar-refractivity contribution in [3.8, 4) is 0 Å². The van der Waals surface area contributed by atoms with Crippen molar-refractivity contribution < 1.29 is 14.2 Å². The maximum absolute atomic E-state index is 8.59. The van der Waals surface area contributed by atoms with Crippen molar-refractivity contribution in [2.45, 2.75) is 44.1 Å². The molecule has 4 rings (SSSR count). The Morgan fingerprint density at radius 1 is 1.38 bits per heavy atom. The van der Waals surface area contributed by atoms with Gasteiger partial charge in [-0.25, -0.2) is 9.97 Å². The van der Waals surface area contributed by atoms with Crippen molar-refractivity contribution in [3.05, 3.63) is 27.7 Å². The number of nitrogen functional groups attached to an aromatic ring is 1. The number of nitrogens with zero attached hydrogens (tertiary/aromatic N) is 5. The summed E-state index contributed by atoms with van der Waals surface area (Å²) in [5, 5.41) is 5.59. The molecule has 0 aliphatic carbocycles. The Morgan fingerprint density at radius 3 is 2.96 bits per heavy atom. The second-order valence-electron chi connectivity index (χ2n) is 6.20. The number of ether oxygens (including phenoxy) is 3. The summed E-state index contributed by atoms with van der Waals surface area (Å²) in [5.41, 5.74) is 16.2. The van der Waals surface area contributed by atoms with E-state index in [-0.39, 0.29) is 31.0 Å². The van der Waals surface area contributed by atoms with Gasteiger partial charge in [0, 0.05) is 10.5 Å². The second-order valence-corrected chi connectivity index (χ2v) is 7.08. The first-order chi connectivity index (χ1) is 11.5. The number of aromatic nitrogens is 2. The SMILES string of the molecule is CC1(C)O[C@@H]2[C@H](O1)[C@@H](CN=[N+]=[N-])O[C@H]2c1csc2c(N)ncnc12. The summed E-state index contributed by atoms with van der Waals surface area (Å²) in [4.78, 5) is 11.2. The third-order valence-corrected chi connectivity index (χ3v) is 5.20. The van der Waals surface area contributed by atoms with Crippen molar-refractivity contribution >= 4 is 27.4 Å². The predicted octanol–water partition coefficient (Wildman–Crippen LogP) is 2.54. The van der Waals surface area contributed by atoms with Gasteiger partial charge in [-0.1, -0.05) is 5.11 Å². The zero-order chi connectivity index (χ0) is 16.9. The van der Waals surface area contributed by atoms with Gasteiger partial charge in [0.1, 0.15) is 30.5 Å². The highest BCUT2D eigenvalue weighted by Crippen LogP contribution is 2.47. The number of nitrogens with two attached hydrogens (primary N) is 1. The van der Waals surface area contributed by atoms with Gasteiger partial charge >= 0.3 is 0 Å². The van der Waals surface area contributed by atoms with Crippen molar-refractivity contribution in [3.63, 3.8) is 0 Å². The van der Waals surface area contributed by atoms with Gasteiger partial charge in [-0.2, -0.15) is 0 Å². The fraction of sp³-hybridized carbons (Fsp3) is 0.571. The standard InChI is InChI=1S/C14H16N6O3S/c1-14(2)22-10-7(3-19-20-16)21-9(11(10)23-14)6-4-24-12-8(6)17-5-18-13(12)15/h4-5,7,9-11H,3H2,1-2H3,(H2,15,17,18)/t7-,9+,10-,11+/m1/s1. The molecular weight excluding hydrogens is 332 g/mol. The van der Waals surface area contributed by atoms with Crippen LogP contribution in [-0.2, 0) is 14.2 Å². The number of hydrogen-bond acceptors (Lipinski definition) is 8. The first-order valence-electron chi connectivity index (χ1n) is 7.49. The average molecular weight is 348 g/mol. The smallest absolute Gasteiger partial charge is 0.164 e. The number of fused-ring (bicyclic) bond motifs is 2. The van der Waals surface area contributed by atoms with Crippen molar-refractivity contribution in [1.29, 1.82) is 0 Å². The molecular formula is C14H16N6O3S. The maximum Gasteiger partial charge on any atom is 0.164 e. The Morgan fingerprint density at radius 2 is 2.17 bits per heavy atom. The molecule has 9 nitrogen and oxygen atoms in total. The van der Waals surface area contributed by atoms with Crippen LogP contribution in [0, 0.1) is 0 Å². The van der Waals surface area contributed by atoms with Crippen LogP contribution in [0.15, 0.2) is 16.8 Å². The maximum atomic E-state index is 8.59. The molecule has 2 aromatic heterocycles. The topological polar surface area (TPSA) is 128 Å². The van der Waals surface area contributed by atoms with Crippen LogP contribution >= 0.6 is 11.3 Å². The van der Waals surface area contributed by atoms with Gasteiger partial charge < -0.3 is 19.9 Å². The molecule has 2 aliphatic rings. The van der Waals surface area contributed by atoms with Gasteiger partial charge in [-0.05, 0) is 24.8 Å². The molecule has 2 aliphatic heterocycles. The molecule has 0 aromatic carbocycles. The van der Waals surface area contributed by atoms with Crippen molar-refractivity contribution in [2.75, 3.05) is 12.3 Å². The zero-order valence-corrected chi connectivity index (χ0v) is 13.9. The van der Waals surface area contributed by atoms with Gasteiger partial charge in [0.05, 0.1) is 22.9 Å². The second kappa shape index (κ2) is 5.54. The lowest BCUT2D eigenvalue weighted by Gasteiger charge is -2.23. The molecule has 0 saturated carbocycles. The van der Waals surface area contributed by atoms with Crippen molar-refractivity contribution in [1.82, 2.24) is 9.97 Å². The summed E-state index contributed by atoms with van der Waals surface area (Å²) in [6, 6.07) is 0. The fourth-order valence-electron chi connectivity index (χ4n) is 3.29. The normalized spacial score (nSPS) is 31.1. The van der Waals surface area contributed by atoms with E-state index < -0.39 is 5.79 Å². The molecule has 0 unspecified atom stereocenters. The van der Waals surface area contributed by atoms with Crippen LogP contribution in [0.25, 0.3) is 20.7 Å². The van der Waals surface area contributed by atoms with Crippen LogP contribution in [0.1, 0.15) is 25.5 Å². The van der Waals surface area contributed by atoms with Gasteiger partial charge in [-0.3, -0.25) is 0 Å². The monoisotopic (exact) mass is 348 g/mol. The van der Waals surface area contributed by atoms with E-state index in [0.717, 1.165) is 15.8 Å². The Balaban J connectivity index is 1.74. The molecule has 2 fully saturated rings. The highest BCUT2D eigenvalue weighted by molar-refractivity contribution is 7.17. The van der Waals surface area contributed by atoms with E-state index in [0.29, 0.717) is 5.82 Å². The van der Waals surface area contributed by atoms with E-state index in [9.17, 15) is 0 Å². The van der Waals surface area contributed by atoms with Crippen LogP contribution in [0.5, 0.6) is 0 Å². The van der Waals surface area contributed by atoms with Crippen LogP contribution in [-0.4, -0.2) is 40.6 Å². The zero-order valence-electron chi connectivity index (χ0n) is 13.1. The molecule has 10 heteroatoms. The molecule has 2 saturated heterocycles. The van der Waals surface area contributed by atoms with E-state index in [1.165, 1.54) is 17.7 Å². The lowest BCUT2D eigenvalue weighted by Crippen LogP contribution is -2.31. The summed E-state index contributed by atoms with van der Waals surface area (Å²) in [7, 11) is 0. The summed E-state index contributed by atoms with van der Waals surface area (Å²) < 4.78 is 18.9. The van der Waals surface area contributed by atoms with Gasteiger partial charge in [0.2, 0.25) is 0 Å². The van der Waals surface area contributed by atoms with Gasteiger partial charge in [-0.15, -0.1) is 11.3 Å². The van der Waals surface area contributed by atoms with Crippen LogP contribution in [0.3, 0.4) is 0 Å². The van der Waals surface area contributed by atoms with E-state index in [1.807, 2.05) is 19.2 Å². The van der Waals surface area contributed by atoms with E-state index in [4.69, 9.17) is 25.5 Å². The van der Waals surface area contributed by atoms with Crippen LogP contribution in [0.4, 0.5) is 5.82 Å². The number of azide groups is 1. The van der Waals surface area contributed by atoms with Gasteiger partial charge in [0.25, 0.3) is 0 Å². The molecule has 0 spiro atoms. The summed E-state index contributed by atoms with van der Waals surface area (Å²) in [6.07, 6.45) is 0.108. The third kappa shape index (κ3) is 2.40. The molecule has 2 N–H and O–H groups in total. The summed E-state index contributed by atoms with van der Waals surface area (Å²) >= 11 is 1.47. The Bertz CT molecular complexity index is 833. The first-order valence-corrected chi connectivity index (χ1v) is 8.37. The minimum atomic E-state index is -0.716.